The topological polar surface area (TPSA) is 63.4 Å². The number of carbonyl (C=O) groups excluding carboxylic acids is 1. The summed E-state index contributed by atoms with van der Waals surface area (Å²) in [5, 5.41) is 13.1. The second-order valence-electron chi connectivity index (χ2n) is 6.88. The third kappa shape index (κ3) is 2.81. The van der Waals surface area contributed by atoms with Crippen molar-refractivity contribution in [3.05, 3.63) is 35.8 Å². The number of likely N-dealkylation sites (tertiary alicyclic amines) is 1. The summed E-state index contributed by atoms with van der Waals surface area (Å²) in [6.07, 6.45) is 9.12. The summed E-state index contributed by atoms with van der Waals surface area (Å²) >= 11 is 0. The minimum atomic E-state index is 0.185. The zero-order valence-corrected chi connectivity index (χ0v) is 14.1. The van der Waals surface area contributed by atoms with Crippen molar-refractivity contribution < 1.29 is 4.79 Å². The van der Waals surface area contributed by atoms with Crippen LogP contribution in [-0.2, 0) is 4.79 Å². The van der Waals surface area contributed by atoms with Gasteiger partial charge in [-0.25, -0.2) is 0 Å². The first kappa shape index (κ1) is 15.3. The van der Waals surface area contributed by atoms with Gasteiger partial charge in [0.15, 0.2) is 11.5 Å². The van der Waals surface area contributed by atoms with Gasteiger partial charge in [-0.05, 0) is 51.2 Å². The van der Waals surface area contributed by atoms with Gasteiger partial charge in [0.1, 0.15) is 0 Å². The summed E-state index contributed by atoms with van der Waals surface area (Å²) in [4.78, 5) is 14.7. The molecule has 4 rings (SSSR count). The number of rotatable bonds is 2. The highest BCUT2D eigenvalue weighted by atomic mass is 16.2. The van der Waals surface area contributed by atoms with Crippen molar-refractivity contribution in [1.29, 1.82) is 0 Å². The summed E-state index contributed by atoms with van der Waals surface area (Å²) < 4.78 is 1.86. The fourth-order valence-corrected chi connectivity index (χ4v) is 3.79. The van der Waals surface area contributed by atoms with Crippen molar-refractivity contribution in [1.82, 2.24) is 24.7 Å². The molecule has 1 unspecified atom stereocenters. The van der Waals surface area contributed by atoms with Crippen LogP contribution in [0.2, 0.25) is 0 Å². The van der Waals surface area contributed by atoms with Gasteiger partial charge in [-0.15, -0.1) is 10.2 Å². The van der Waals surface area contributed by atoms with Crippen LogP contribution < -0.4 is 0 Å². The maximum Gasteiger partial charge on any atom is 0.226 e. The molecule has 0 N–H and O–H groups in total. The average Bonchev–Trinajstić information content (AvgIpc) is 3.05. The Morgan fingerprint density at radius 1 is 1.12 bits per heavy atom. The molecule has 126 valence electrons. The predicted molar refractivity (Wildman–Crippen MR) is 90.6 cm³/mol. The fraction of sp³-hybridized carbons (Fsp3) is 0.556. The van der Waals surface area contributed by atoms with Gasteiger partial charge >= 0.3 is 0 Å². The van der Waals surface area contributed by atoms with Gasteiger partial charge < -0.3 is 4.90 Å². The van der Waals surface area contributed by atoms with E-state index in [0.717, 1.165) is 62.4 Å². The van der Waals surface area contributed by atoms with Crippen LogP contribution in [0, 0.1) is 12.8 Å². The quantitative estimate of drug-likeness (QED) is 0.796. The third-order valence-electron chi connectivity index (χ3n) is 5.21. The lowest BCUT2D eigenvalue weighted by Gasteiger charge is -2.34. The summed E-state index contributed by atoms with van der Waals surface area (Å²) in [7, 11) is 0. The standard InChI is InChI=1S/C18H23N5O/c1-13-7-8-16-19-20-17(23(16)21-13)14-9-11-22(12-10-14)18(24)15-5-3-2-4-6-15/h2-3,7-8,14-15H,4-6,9-12H2,1H3. The molecule has 2 aromatic heterocycles. The van der Waals surface area contributed by atoms with E-state index in [2.05, 4.69) is 27.4 Å². The molecule has 6 heteroatoms. The molecule has 1 saturated heterocycles. The molecule has 0 bridgehead atoms. The van der Waals surface area contributed by atoms with E-state index in [1.54, 1.807) is 0 Å². The smallest absolute Gasteiger partial charge is 0.226 e. The van der Waals surface area contributed by atoms with Crippen molar-refractivity contribution in [2.75, 3.05) is 13.1 Å². The Labute approximate surface area is 141 Å². The summed E-state index contributed by atoms with van der Waals surface area (Å²) in [6, 6.07) is 3.90. The van der Waals surface area contributed by atoms with Gasteiger partial charge in [-0.2, -0.15) is 9.61 Å². The van der Waals surface area contributed by atoms with Crippen LogP contribution >= 0.6 is 0 Å². The molecule has 6 nitrogen and oxygen atoms in total. The number of piperidine rings is 1. The Morgan fingerprint density at radius 2 is 1.96 bits per heavy atom. The van der Waals surface area contributed by atoms with Gasteiger partial charge in [0.05, 0.1) is 5.69 Å². The Bertz CT molecular complexity index is 773. The van der Waals surface area contributed by atoms with E-state index in [1.165, 1.54) is 0 Å². The lowest BCUT2D eigenvalue weighted by molar-refractivity contribution is -0.136. The molecule has 0 radical (unpaired) electrons. The Kier molecular flexibility index (Phi) is 4.04. The number of aromatic nitrogens is 4. The SMILES string of the molecule is Cc1ccc2nnc(C3CCN(C(=O)C4CC=CCC4)CC3)n2n1. The normalized spacial score (nSPS) is 22.2. The van der Waals surface area contributed by atoms with Crippen molar-refractivity contribution >= 4 is 11.6 Å². The molecule has 0 aromatic carbocycles. The zero-order chi connectivity index (χ0) is 16.5. The van der Waals surface area contributed by atoms with Gasteiger partial charge in [-0.3, -0.25) is 4.79 Å². The van der Waals surface area contributed by atoms with Crippen LogP contribution in [0.3, 0.4) is 0 Å². The van der Waals surface area contributed by atoms with E-state index in [0.29, 0.717) is 11.8 Å². The maximum atomic E-state index is 12.6. The Balaban J connectivity index is 1.44. The molecule has 1 fully saturated rings. The van der Waals surface area contributed by atoms with Crippen LogP contribution in [0.5, 0.6) is 0 Å². The summed E-state index contributed by atoms with van der Waals surface area (Å²) in [5.41, 5.74) is 1.75. The van der Waals surface area contributed by atoms with Gasteiger partial charge in [0.25, 0.3) is 0 Å². The van der Waals surface area contributed by atoms with E-state index < -0.39 is 0 Å². The Morgan fingerprint density at radius 3 is 2.71 bits per heavy atom. The predicted octanol–water partition coefficient (Wildman–Crippen LogP) is 2.50. The first-order valence-corrected chi connectivity index (χ1v) is 8.85. The van der Waals surface area contributed by atoms with Crippen LogP contribution in [-0.4, -0.2) is 43.7 Å². The second kappa shape index (κ2) is 6.34. The van der Waals surface area contributed by atoms with Crippen molar-refractivity contribution in [2.45, 2.75) is 44.9 Å². The maximum absolute atomic E-state index is 12.6. The number of allylic oxidation sites excluding steroid dienone is 2. The molecule has 0 saturated carbocycles. The van der Waals surface area contributed by atoms with Crippen LogP contribution in [0.25, 0.3) is 5.65 Å². The Hall–Kier alpha value is -2.24. The molecule has 3 heterocycles. The van der Waals surface area contributed by atoms with Gasteiger partial charge in [0.2, 0.25) is 5.91 Å². The molecule has 1 aliphatic carbocycles. The third-order valence-corrected chi connectivity index (χ3v) is 5.21. The van der Waals surface area contributed by atoms with E-state index in [4.69, 9.17) is 0 Å². The lowest BCUT2D eigenvalue weighted by Crippen LogP contribution is -2.41. The highest BCUT2D eigenvalue weighted by Gasteiger charge is 2.30. The number of amides is 1. The van der Waals surface area contributed by atoms with E-state index in [1.807, 2.05) is 28.5 Å². The van der Waals surface area contributed by atoms with Crippen LogP contribution in [0.4, 0.5) is 0 Å². The highest BCUT2D eigenvalue weighted by Crippen LogP contribution is 2.29. The molecule has 24 heavy (non-hydrogen) atoms. The molecule has 1 atom stereocenters. The summed E-state index contributed by atoms with van der Waals surface area (Å²) in [6.45, 7) is 3.60. The number of hydrogen-bond acceptors (Lipinski definition) is 4. The molecule has 2 aliphatic rings. The van der Waals surface area contributed by atoms with E-state index >= 15 is 0 Å². The number of aryl methyl sites for hydroxylation is 1. The first-order chi connectivity index (χ1) is 11.7. The second-order valence-corrected chi connectivity index (χ2v) is 6.88. The van der Waals surface area contributed by atoms with Crippen molar-refractivity contribution in [3.63, 3.8) is 0 Å². The van der Waals surface area contributed by atoms with Crippen molar-refractivity contribution in [2.24, 2.45) is 5.92 Å². The number of hydrogen-bond donors (Lipinski definition) is 0. The number of fused-ring (bicyclic) bond motifs is 1. The fourth-order valence-electron chi connectivity index (χ4n) is 3.79. The van der Waals surface area contributed by atoms with Crippen LogP contribution in [0.15, 0.2) is 24.3 Å². The van der Waals surface area contributed by atoms with Gasteiger partial charge in [-0.1, -0.05) is 12.2 Å². The van der Waals surface area contributed by atoms with E-state index in [9.17, 15) is 4.79 Å². The van der Waals surface area contributed by atoms with E-state index in [-0.39, 0.29) is 5.92 Å². The minimum absolute atomic E-state index is 0.185. The lowest BCUT2D eigenvalue weighted by atomic mass is 9.90. The van der Waals surface area contributed by atoms with Gasteiger partial charge in [0, 0.05) is 24.9 Å². The first-order valence-electron chi connectivity index (χ1n) is 8.85. The molecule has 1 amide bonds. The minimum Gasteiger partial charge on any atom is -0.342 e. The number of nitrogens with zero attached hydrogens (tertiary/aromatic N) is 5. The average molecular weight is 325 g/mol. The molecule has 0 spiro atoms. The van der Waals surface area contributed by atoms with Crippen LogP contribution in [0.1, 0.15) is 49.5 Å². The number of carbonyl (C=O) groups is 1. The highest BCUT2D eigenvalue weighted by molar-refractivity contribution is 5.79. The monoisotopic (exact) mass is 325 g/mol. The largest absolute Gasteiger partial charge is 0.342 e. The zero-order valence-electron chi connectivity index (χ0n) is 14.1. The molecule has 1 aliphatic heterocycles. The molecular formula is C18H23N5O. The molecular weight excluding hydrogens is 302 g/mol. The molecule has 2 aromatic rings. The van der Waals surface area contributed by atoms with Crippen molar-refractivity contribution in [3.8, 4) is 0 Å². The summed E-state index contributed by atoms with van der Waals surface area (Å²) in [5.74, 6) is 1.77.